The fraction of sp³-hybridized carbons (Fsp3) is 0.250. The Morgan fingerprint density at radius 3 is 2.44 bits per heavy atom. The molecule has 0 fully saturated rings. The van der Waals surface area contributed by atoms with Gasteiger partial charge < -0.3 is 4.74 Å². The highest BCUT2D eigenvalue weighted by Crippen LogP contribution is 2.37. The van der Waals surface area contributed by atoms with Gasteiger partial charge in [-0.25, -0.2) is 8.42 Å². The van der Waals surface area contributed by atoms with Gasteiger partial charge in [-0.05, 0) is 35.9 Å². The molecule has 0 spiro atoms. The van der Waals surface area contributed by atoms with Crippen molar-refractivity contribution in [2.24, 2.45) is 0 Å². The molecule has 0 atom stereocenters. The Morgan fingerprint density at radius 2 is 1.84 bits per heavy atom. The van der Waals surface area contributed by atoms with Gasteiger partial charge in [-0.2, -0.15) is 17.5 Å². The van der Waals surface area contributed by atoms with E-state index in [9.17, 15) is 21.6 Å². The molecule has 2 rings (SSSR count). The van der Waals surface area contributed by atoms with E-state index in [2.05, 4.69) is 0 Å². The summed E-state index contributed by atoms with van der Waals surface area (Å²) < 4.78 is 70.7. The van der Waals surface area contributed by atoms with Crippen LogP contribution in [0.5, 0.6) is 5.75 Å². The maximum atomic E-state index is 13.2. The summed E-state index contributed by atoms with van der Waals surface area (Å²) in [6, 6.07) is 9.19. The smallest absolute Gasteiger partial charge is 0.417 e. The van der Waals surface area contributed by atoms with Crippen molar-refractivity contribution in [3.05, 3.63) is 58.6 Å². The summed E-state index contributed by atoms with van der Waals surface area (Å²) in [5.41, 5.74) is -0.717. The van der Waals surface area contributed by atoms with Crippen LogP contribution >= 0.6 is 11.6 Å². The molecule has 0 radical (unpaired) electrons. The Morgan fingerprint density at radius 1 is 1.16 bits per heavy atom. The van der Waals surface area contributed by atoms with E-state index in [-0.39, 0.29) is 11.6 Å². The summed E-state index contributed by atoms with van der Waals surface area (Å²) >= 11 is 5.59. The van der Waals surface area contributed by atoms with Crippen molar-refractivity contribution in [3.63, 3.8) is 0 Å². The number of benzene rings is 2. The average Bonchev–Trinajstić information content (AvgIpc) is 2.53. The molecule has 0 aromatic heterocycles. The molecule has 2 aromatic rings. The molecule has 0 saturated heterocycles. The third-order valence-corrected chi connectivity index (χ3v) is 5.57. The van der Waals surface area contributed by atoms with Crippen LogP contribution < -0.4 is 4.74 Å². The van der Waals surface area contributed by atoms with Crippen molar-refractivity contribution in [2.45, 2.75) is 17.6 Å². The minimum Gasteiger partial charge on any atom is -0.497 e. The molecule has 0 amide bonds. The molecule has 0 aliphatic heterocycles. The Kier molecular flexibility index (Phi) is 5.65. The summed E-state index contributed by atoms with van der Waals surface area (Å²) in [6.45, 7) is -0.112. The van der Waals surface area contributed by atoms with Crippen molar-refractivity contribution in [3.8, 4) is 5.75 Å². The van der Waals surface area contributed by atoms with Crippen LogP contribution in [0.2, 0.25) is 5.02 Å². The monoisotopic (exact) mass is 393 g/mol. The van der Waals surface area contributed by atoms with Gasteiger partial charge in [-0.15, -0.1) is 0 Å². The maximum Gasteiger partial charge on any atom is 0.417 e. The van der Waals surface area contributed by atoms with Gasteiger partial charge in [0.25, 0.3) is 0 Å². The number of ether oxygens (including phenoxy) is 1. The fourth-order valence-electron chi connectivity index (χ4n) is 2.23. The second-order valence-electron chi connectivity index (χ2n) is 5.25. The predicted octanol–water partition coefficient (Wildman–Crippen LogP) is 4.19. The van der Waals surface area contributed by atoms with Crippen LogP contribution in [-0.4, -0.2) is 26.9 Å². The lowest BCUT2D eigenvalue weighted by Crippen LogP contribution is -2.28. The zero-order valence-corrected chi connectivity index (χ0v) is 14.9. The van der Waals surface area contributed by atoms with Crippen LogP contribution in [0.25, 0.3) is 0 Å². The molecule has 0 aliphatic carbocycles. The molecule has 0 N–H and O–H groups in total. The van der Waals surface area contributed by atoms with Crippen LogP contribution in [0.4, 0.5) is 13.2 Å². The van der Waals surface area contributed by atoms with Crippen molar-refractivity contribution in [1.29, 1.82) is 0 Å². The zero-order valence-electron chi connectivity index (χ0n) is 13.3. The lowest BCUT2D eigenvalue weighted by molar-refractivity contribution is -0.139. The highest BCUT2D eigenvalue weighted by molar-refractivity contribution is 7.89. The average molecular weight is 394 g/mol. The van der Waals surface area contributed by atoms with Gasteiger partial charge >= 0.3 is 6.18 Å². The topological polar surface area (TPSA) is 46.6 Å². The summed E-state index contributed by atoms with van der Waals surface area (Å²) in [4.78, 5) is -0.838. The molecule has 9 heteroatoms. The van der Waals surface area contributed by atoms with E-state index in [1.54, 1.807) is 24.3 Å². The molecular formula is C16H15ClF3NO3S. The Bertz CT molecular complexity index is 869. The number of methoxy groups -OCH3 is 1. The van der Waals surface area contributed by atoms with E-state index in [1.807, 2.05) is 0 Å². The number of rotatable bonds is 5. The largest absolute Gasteiger partial charge is 0.497 e. The highest BCUT2D eigenvalue weighted by atomic mass is 35.5. The lowest BCUT2D eigenvalue weighted by Gasteiger charge is -2.20. The van der Waals surface area contributed by atoms with Gasteiger partial charge in [0.05, 0.1) is 17.6 Å². The number of hydrogen-bond acceptors (Lipinski definition) is 3. The van der Waals surface area contributed by atoms with E-state index >= 15 is 0 Å². The quantitative estimate of drug-likeness (QED) is 0.765. The van der Waals surface area contributed by atoms with Gasteiger partial charge in [0.1, 0.15) is 5.75 Å². The van der Waals surface area contributed by atoms with Crippen LogP contribution in [0.15, 0.2) is 47.4 Å². The Labute approximate surface area is 148 Å². The van der Waals surface area contributed by atoms with Gasteiger partial charge in [-0.1, -0.05) is 23.7 Å². The van der Waals surface area contributed by atoms with Gasteiger partial charge in [-0.3, -0.25) is 0 Å². The second kappa shape index (κ2) is 7.23. The molecule has 25 heavy (non-hydrogen) atoms. The van der Waals surface area contributed by atoms with Crippen molar-refractivity contribution >= 4 is 21.6 Å². The first-order valence-electron chi connectivity index (χ1n) is 7.01. The van der Waals surface area contributed by atoms with Crippen LogP contribution in [0, 0.1) is 0 Å². The standard InChI is InChI=1S/C16H15ClF3NO3S/c1-21(10-11-4-3-5-13(8-11)24-2)25(22,23)15-7-6-12(17)9-14(15)16(18,19)20/h3-9H,10H2,1-2H3. The van der Waals surface area contributed by atoms with Crippen LogP contribution in [0.1, 0.15) is 11.1 Å². The number of halogens is 4. The second-order valence-corrected chi connectivity index (χ2v) is 7.70. The molecule has 0 bridgehead atoms. The van der Waals surface area contributed by atoms with Crippen molar-refractivity contribution in [1.82, 2.24) is 4.31 Å². The third-order valence-electron chi connectivity index (χ3n) is 3.47. The first-order chi connectivity index (χ1) is 11.6. The molecule has 0 unspecified atom stereocenters. The SMILES string of the molecule is COc1cccc(CN(C)S(=O)(=O)c2ccc(Cl)cc2C(F)(F)F)c1. The van der Waals surface area contributed by atoms with Gasteiger partial charge in [0, 0.05) is 18.6 Å². The maximum absolute atomic E-state index is 13.2. The summed E-state index contributed by atoms with van der Waals surface area (Å²) in [5.74, 6) is 0.519. The lowest BCUT2D eigenvalue weighted by atomic mass is 10.2. The summed E-state index contributed by atoms with van der Waals surface area (Å²) in [7, 11) is -1.70. The number of hydrogen-bond donors (Lipinski definition) is 0. The van der Waals surface area contributed by atoms with Crippen LogP contribution in [0.3, 0.4) is 0 Å². The predicted molar refractivity (Wildman–Crippen MR) is 88.1 cm³/mol. The fourth-order valence-corrected chi connectivity index (χ4v) is 3.75. The first kappa shape index (κ1) is 19.6. The minimum absolute atomic E-state index is 0.112. The molecule has 4 nitrogen and oxygen atoms in total. The Balaban J connectivity index is 2.41. The van der Waals surface area contributed by atoms with Gasteiger partial charge in [0.15, 0.2) is 0 Å². The Hall–Kier alpha value is -1.77. The van der Waals surface area contributed by atoms with E-state index < -0.39 is 26.7 Å². The van der Waals surface area contributed by atoms with Crippen LogP contribution in [-0.2, 0) is 22.7 Å². The molecule has 2 aromatic carbocycles. The summed E-state index contributed by atoms with van der Waals surface area (Å²) in [5, 5.41) is -0.193. The minimum atomic E-state index is -4.84. The van der Waals surface area contributed by atoms with Gasteiger partial charge in [0.2, 0.25) is 10.0 Å². The molecule has 0 heterocycles. The summed E-state index contributed by atoms with van der Waals surface area (Å²) in [6.07, 6.45) is -4.84. The van der Waals surface area contributed by atoms with Crippen molar-refractivity contribution < 1.29 is 26.3 Å². The number of nitrogens with zero attached hydrogens (tertiary/aromatic N) is 1. The molecule has 0 aliphatic rings. The number of alkyl halides is 3. The van der Waals surface area contributed by atoms with E-state index in [0.717, 1.165) is 16.4 Å². The first-order valence-corrected chi connectivity index (χ1v) is 8.83. The zero-order chi connectivity index (χ0) is 18.8. The molecule has 136 valence electrons. The molecule has 0 saturated carbocycles. The van der Waals surface area contributed by atoms with E-state index in [1.165, 1.54) is 14.2 Å². The third kappa shape index (κ3) is 4.45. The molecular weight excluding hydrogens is 379 g/mol. The van der Waals surface area contributed by atoms with E-state index in [0.29, 0.717) is 17.4 Å². The van der Waals surface area contributed by atoms with Crippen molar-refractivity contribution in [2.75, 3.05) is 14.2 Å². The normalized spacial score (nSPS) is 12.4. The van der Waals surface area contributed by atoms with E-state index in [4.69, 9.17) is 16.3 Å². The number of sulfonamides is 1. The highest BCUT2D eigenvalue weighted by Gasteiger charge is 2.38.